The summed E-state index contributed by atoms with van der Waals surface area (Å²) < 4.78 is 27.3. The van der Waals surface area contributed by atoms with E-state index in [0.29, 0.717) is 5.56 Å². The van der Waals surface area contributed by atoms with Crippen LogP contribution in [-0.4, -0.2) is 21.0 Å². The number of nitrogens with two attached hydrogens (primary N) is 1. The van der Waals surface area contributed by atoms with Gasteiger partial charge in [0.05, 0.1) is 11.4 Å². The van der Waals surface area contributed by atoms with Gasteiger partial charge in [0.15, 0.2) is 0 Å². The van der Waals surface area contributed by atoms with Crippen LogP contribution in [0.5, 0.6) is 0 Å². The highest BCUT2D eigenvalue weighted by atomic mass is 32.2. The Hall–Kier alpha value is -1.35. The number of nitrogens with one attached hydrogen (secondary N) is 1. The van der Waals surface area contributed by atoms with E-state index in [1.165, 1.54) is 0 Å². The van der Waals surface area contributed by atoms with E-state index in [2.05, 4.69) is 23.5 Å². The first-order valence-electron chi connectivity index (χ1n) is 7.31. The molecule has 116 valence electrons. The van der Waals surface area contributed by atoms with Crippen LogP contribution in [0.25, 0.3) is 0 Å². The van der Waals surface area contributed by atoms with Crippen molar-refractivity contribution in [1.82, 2.24) is 4.72 Å². The number of sulfonamides is 1. The second kappa shape index (κ2) is 8.83. The number of hydrogen-bond donors (Lipinski definition) is 2. The largest absolute Gasteiger partial charge is 0.320 e. The zero-order chi connectivity index (χ0) is 15.7. The monoisotopic (exact) mass is 308 g/mol. The minimum absolute atomic E-state index is 0.0691. The molecule has 0 radical (unpaired) electrons. The normalized spacial score (nSPS) is 12.5. The van der Waals surface area contributed by atoms with Crippen LogP contribution in [0.2, 0.25) is 0 Å². The summed E-state index contributed by atoms with van der Waals surface area (Å²) in [6.07, 6.45) is 4.12. The van der Waals surface area contributed by atoms with Gasteiger partial charge in [-0.1, -0.05) is 44.1 Å². The Labute approximate surface area is 128 Å². The van der Waals surface area contributed by atoms with Crippen molar-refractivity contribution in [3.63, 3.8) is 0 Å². The molecule has 0 aliphatic rings. The van der Waals surface area contributed by atoms with E-state index in [0.717, 1.165) is 25.7 Å². The lowest BCUT2D eigenvalue weighted by Gasteiger charge is -2.14. The van der Waals surface area contributed by atoms with E-state index in [-0.39, 0.29) is 17.5 Å². The van der Waals surface area contributed by atoms with Crippen molar-refractivity contribution in [1.29, 1.82) is 0 Å². The molecule has 5 heteroatoms. The topological polar surface area (TPSA) is 72.2 Å². The van der Waals surface area contributed by atoms with Crippen LogP contribution < -0.4 is 10.5 Å². The first kappa shape index (κ1) is 17.7. The second-order valence-electron chi connectivity index (χ2n) is 5.05. The SMILES string of the molecule is CCCCCC(C)NS(=O)(=O)c1cccc(C#CCN)c1. The Morgan fingerprint density at radius 3 is 2.76 bits per heavy atom. The van der Waals surface area contributed by atoms with Gasteiger partial charge in [-0.2, -0.15) is 0 Å². The molecule has 0 saturated heterocycles. The van der Waals surface area contributed by atoms with Crippen molar-refractivity contribution >= 4 is 10.0 Å². The molecule has 1 aromatic carbocycles. The van der Waals surface area contributed by atoms with E-state index < -0.39 is 10.0 Å². The number of unbranched alkanes of at least 4 members (excludes halogenated alkanes) is 2. The minimum atomic E-state index is -3.49. The summed E-state index contributed by atoms with van der Waals surface area (Å²) in [5, 5.41) is 0. The lowest BCUT2D eigenvalue weighted by Crippen LogP contribution is -2.32. The maximum Gasteiger partial charge on any atom is 0.240 e. The standard InChI is InChI=1S/C16H24N2O2S/c1-3-4-5-8-14(2)18-21(19,20)16-11-6-9-15(13-16)10-7-12-17/h6,9,11,13-14,18H,3-5,8,12,17H2,1-2H3. The summed E-state index contributed by atoms with van der Waals surface area (Å²) in [6, 6.07) is 6.54. The average molecular weight is 308 g/mol. The zero-order valence-electron chi connectivity index (χ0n) is 12.7. The molecule has 0 aliphatic heterocycles. The number of benzene rings is 1. The predicted octanol–water partition coefficient (Wildman–Crippen LogP) is 2.24. The van der Waals surface area contributed by atoms with Crippen LogP contribution in [0, 0.1) is 11.8 Å². The van der Waals surface area contributed by atoms with Gasteiger partial charge in [0.25, 0.3) is 0 Å². The van der Waals surface area contributed by atoms with E-state index >= 15 is 0 Å². The summed E-state index contributed by atoms with van der Waals surface area (Å²) in [5.74, 6) is 5.57. The first-order valence-corrected chi connectivity index (χ1v) is 8.79. The van der Waals surface area contributed by atoms with Crippen molar-refractivity contribution in [3.8, 4) is 11.8 Å². The Morgan fingerprint density at radius 2 is 2.10 bits per heavy atom. The molecule has 0 amide bonds. The highest BCUT2D eigenvalue weighted by Gasteiger charge is 2.17. The van der Waals surface area contributed by atoms with Crippen LogP contribution in [0.1, 0.15) is 45.1 Å². The molecule has 1 unspecified atom stereocenters. The molecule has 3 N–H and O–H groups in total. The van der Waals surface area contributed by atoms with E-state index in [1.807, 2.05) is 6.92 Å². The van der Waals surface area contributed by atoms with Crippen LogP contribution in [-0.2, 0) is 10.0 Å². The first-order chi connectivity index (χ1) is 9.99. The average Bonchev–Trinajstić information content (AvgIpc) is 2.45. The van der Waals surface area contributed by atoms with E-state index in [9.17, 15) is 8.42 Å². The third-order valence-corrected chi connectivity index (χ3v) is 4.66. The molecule has 1 rings (SSSR count). The van der Waals surface area contributed by atoms with Crippen molar-refractivity contribution in [2.45, 2.75) is 50.5 Å². The molecule has 0 saturated carbocycles. The van der Waals surface area contributed by atoms with Gasteiger partial charge in [0.2, 0.25) is 10.0 Å². The molecule has 0 spiro atoms. The van der Waals surface area contributed by atoms with Gasteiger partial charge in [-0.3, -0.25) is 0 Å². The molecule has 0 heterocycles. The molecule has 0 fully saturated rings. The molecular weight excluding hydrogens is 284 g/mol. The maximum atomic E-state index is 12.3. The van der Waals surface area contributed by atoms with Gasteiger partial charge in [-0.15, -0.1) is 0 Å². The molecule has 0 aromatic heterocycles. The Balaban J connectivity index is 2.78. The fraction of sp³-hybridized carbons (Fsp3) is 0.500. The summed E-state index contributed by atoms with van der Waals surface area (Å²) >= 11 is 0. The molecule has 1 atom stereocenters. The predicted molar refractivity (Wildman–Crippen MR) is 86.3 cm³/mol. The van der Waals surface area contributed by atoms with Crippen molar-refractivity contribution in [2.75, 3.05) is 6.54 Å². The summed E-state index contributed by atoms with van der Waals surface area (Å²) in [5.41, 5.74) is 5.97. The van der Waals surface area contributed by atoms with Gasteiger partial charge >= 0.3 is 0 Å². The zero-order valence-corrected chi connectivity index (χ0v) is 13.5. The number of hydrogen-bond acceptors (Lipinski definition) is 3. The van der Waals surface area contributed by atoms with Gasteiger partial charge in [-0.05, 0) is 31.5 Å². The smallest absolute Gasteiger partial charge is 0.240 e. The molecular formula is C16H24N2O2S. The van der Waals surface area contributed by atoms with Crippen LogP contribution >= 0.6 is 0 Å². The highest BCUT2D eigenvalue weighted by Crippen LogP contribution is 2.13. The van der Waals surface area contributed by atoms with Gasteiger partial charge < -0.3 is 5.73 Å². The molecule has 0 aliphatic carbocycles. The van der Waals surface area contributed by atoms with Crippen LogP contribution in [0.4, 0.5) is 0 Å². The van der Waals surface area contributed by atoms with E-state index in [1.54, 1.807) is 24.3 Å². The second-order valence-corrected chi connectivity index (χ2v) is 6.77. The van der Waals surface area contributed by atoms with Crippen molar-refractivity contribution < 1.29 is 8.42 Å². The van der Waals surface area contributed by atoms with Crippen LogP contribution in [0.15, 0.2) is 29.2 Å². The maximum absolute atomic E-state index is 12.3. The fourth-order valence-corrected chi connectivity index (χ4v) is 3.31. The summed E-state index contributed by atoms with van der Waals surface area (Å²) in [4.78, 5) is 0.244. The highest BCUT2D eigenvalue weighted by molar-refractivity contribution is 7.89. The van der Waals surface area contributed by atoms with Crippen molar-refractivity contribution in [2.24, 2.45) is 5.73 Å². The quantitative estimate of drug-likeness (QED) is 0.599. The van der Waals surface area contributed by atoms with Crippen molar-refractivity contribution in [3.05, 3.63) is 29.8 Å². The summed E-state index contributed by atoms with van der Waals surface area (Å²) in [6.45, 7) is 4.28. The lowest BCUT2D eigenvalue weighted by atomic mass is 10.1. The molecule has 4 nitrogen and oxygen atoms in total. The summed E-state index contributed by atoms with van der Waals surface area (Å²) in [7, 11) is -3.49. The fourth-order valence-electron chi connectivity index (χ4n) is 1.99. The minimum Gasteiger partial charge on any atom is -0.320 e. The lowest BCUT2D eigenvalue weighted by molar-refractivity contribution is 0.527. The van der Waals surface area contributed by atoms with E-state index in [4.69, 9.17) is 5.73 Å². The Kier molecular flexibility index (Phi) is 7.44. The van der Waals surface area contributed by atoms with Gasteiger partial charge in [0.1, 0.15) is 0 Å². The third kappa shape index (κ3) is 6.30. The van der Waals surface area contributed by atoms with Crippen LogP contribution in [0.3, 0.4) is 0 Å². The molecule has 1 aromatic rings. The van der Waals surface area contributed by atoms with Gasteiger partial charge in [-0.25, -0.2) is 13.1 Å². The Bertz CT molecular complexity index is 600. The molecule has 21 heavy (non-hydrogen) atoms. The van der Waals surface area contributed by atoms with Gasteiger partial charge in [0, 0.05) is 11.6 Å². The Morgan fingerprint density at radius 1 is 1.33 bits per heavy atom. The number of rotatable bonds is 7. The molecule has 0 bridgehead atoms. The third-order valence-electron chi connectivity index (χ3n) is 3.08.